The number of hydrogen-bond donors (Lipinski definition) is 1. The van der Waals surface area contributed by atoms with Crippen molar-refractivity contribution in [3.05, 3.63) is 15.6 Å². The minimum atomic E-state index is 0.557. The number of thiazole rings is 1. The van der Waals surface area contributed by atoms with E-state index in [2.05, 4.69) is 30.8 Å². The van der Waals surface area contributed by atoms with Crippen LogP contribution in [0.5, 0.6) is 0 Å². The molecule has 0 bridgehead atoms. The van der Waals surface area contributed by atoms with E-state index < -0.39 is 0 Å². The summed E-state index contributed by atoms with van der Waals surface area (Å²) in [6, 6.07) is 0.557. The maximum atomic E-state index is 5.86. The number of nitrogens with two attached hydrogens (primary N) is 1. The fourth-order valence-corrected chi connectivity index (χ4v) is 3.28. The van der Waals surface area contributed by atoms with E-state index in [-0.39, 0.29) is 0 Å². The molecule has 1 aliphatic rings. The second kappa shape index (κ2) is 4.82. The van der Waals surface area contributed by atoms with Crippen molar-refractivity contribution in [3.63, 3.8) is 0 Å². The fourth-order valence-electron chi connectivity index (χ4n) is 2.28. The van der Waals surface area contributed by atoms with Crippen molar-refractivity contribution in [3.8, 4) is 0 Å². The first kappa shape index (κ1) is 12.0. The highest BCUT2D eigenvalue weighted by molar-refractivity contribution is 7.11. The molecule has 1 aromatic rings. The van der Waals surface area contributed by atoms with Crippen LogP contribution in [0, 0.1) is 19.8 Å². The summed E-state index contributed by atoms with van der Waals surface area (Å²) in [6.45, 7) is 5.94. The maximum absolute atomic E-state index is 5.86. The first-order chi connectivity index (χ1) is 7.61. The highest BCUT2D eigenvalue weighted by Crippen LogP contribution is 2.35. The molecular formula is C12H21N3S. The molecule has 1 unspecified atom stereocenters. The van der Waals surface area contributed by atoms with Gasteiger partial charge in [-0.15, -0.1) is 11.3 Å². The summed E-state index contributed by atoms with van der Waals surface area (Å²) in [5.41, 5.74) is 7.04. The summed E-state index contributed by atoms with van der Waals surface area (Å²) >= 11 is 1.81. The van der Waals surface area contributed by atoms with E-state index in [4.69, 9.17) is 5.73 Å². The Bertz CT molecular complexity index is 357. The molecule has 1 fully saturated rings. The first-order valence-electron chi connectivity index (χ1n) is 5.95. The molecule has 0 saturated heterocycles. The lowest BCUT2D eigenvalue weighted by molar-refractivity contribution is 0.217. The SMILES string of the molecule is Cc1nc(C)c(CN(C)C(CN)C2CC2)s1. The van der Waals surface area contributed by atoms with Crippen LogP contribution in [0.15, 0.2) is 0 Å². The van der Waals surface area contributed by atoms with Gasteiger partial charge in [0.15, 0.2) is 0 Å². The standard InChI is InChI=1S/C12H21N3S/c1-8-12(16-9(2)14-8)7-15(3)11(6-13)10-4-5-10/h10-11H,4-7,13H2,1-3H3. The van der Waals surface area contributed by atoms with Crippen LogP contribution in [0.4, 0.5) is 0 Å². The Balaban J connectivity index is 2.00. The van der Waals surface area contributed by atoms with Crippen LogP contribution < -0.4 is 5.73 Å². The number of nitrogens with zero attached hydrogens (tertiary/aromatic N) is 2. The summed E-state index contributed by atoms with van der Waals surface area (Å²) in [5.74, 6) is 0.837. The van der Waals surface area contributed by atoms with Gasteiger partial charge in [0.05, 0.1) is 10.7 Å². The Morgan fingerprint density at radius 2 is 2.19 bits per heavy atom. The Kier molecular flexibility index (Phi) is 3.62. The molecule has 0 radical (unpaired) electrons. The van der Waals surface area contributed by atoms with Crippen molar-refractivity contribution >= 4 is 11.3 Å². The van der Waals surface area contributed by atoms with Crippen LogP contribution in [0.1, 0.15) is 28.4 Å². The summed E-state index contributed by atoms with van der Waals surface area (Å²) in [6.07, 6.45) is 2.71. The summed E-state index contributed by atoms with van der Waals surface area (Å²) < 4.78 is 0. The molecule has 16 heavy (non-hydrogen) atoms. The van der Waals surface area contributed by atoms with Gasteiger partial charge >= 0.3 is 0 Å². The van der Waals surface area contributed by atoms with Gasteiger partial charge in [0.25, 0.3) is 0 Å². The minimum Gasteiger partial charge on any atom is -0.329 e. The van der Waals surface area contributed by atoms with E-state index >= 15 is 0 Å². The Hall–Kier alpha value is -0.450. The Morgan fingerprint density at radius 1 is 1.50 bits per heavy atom. The smallest absolute Gasteiger partial charge is 0.0900 e. The van der Waals surface area contributed by atoms with Crippen molar-refractivity contribution in [2.24, 2.45) is 11.7 Å². The van der Waals surface area contributed by atoms with Crippen LogP contribution >= 0.6 is 11.3 Å². The highest BCUT2D eigenvalue weighted by atomic mass is 32.1. The molecule has 1 atom stereocenters. The molecule has 2 rings (SSSR count). The van der Waals surface area contributed by atoms with Crippen LogP contribution in [0.25, 0.3) is 0 Å². The van der Waals surface area contributed by atoms with E-state index in [9.17, 15) is 0 Å². The first-order valence-corrected chi connectivity index (χ1v) is 6.76. The summed E-state index contributed by atoms with van der Waals surface area (Å²) in [7, 11) is 2.18. The Labute approximate surface area is 102 Å². The quantitative estimate of drug-likeness (QED) is 0.853. The van der Waals surface area contributed by atoms with Crippen LogP contribution in [0.2, 0.25) is 0 Å². The zero-order valence-corrected chi connectivity index (χ0v) is 11.2. The van der Waals surface area contributed by atoms with Crippen molar-refractivity contribution in [2.75, 3.05) is 13.6 Å². The normalized spacial score (nSPS) is 18.1. The van der Waals surface area contributed by atoms with E-state index in [1.165, 1.54) is 23.4 Å². The predicted molar refractivity (Wildman–Crippen MR) is 68.6 cm³/mol. The molecule has 3 nitrogen and oxygen atoms in total. The van der Waals surface area contributed by atoms with Crippen LogP contribution in [-0.4, -0.2) is 29.5 Å². The number of likely N-dealkylation sites (N-methyl/N-ethyl adjacent to an activating group) is 1. The third-order valence-corrected chi connectivity index (χ3v) is 4.42. The number of rotatable bonds is 5. The zero-order chi connectivity index (χ0) is 11.7. The molecule has 2 N–H and O–H groups in total. The maximum Gasteiger partial charge on any atom is 0.0900 e. The summed E-state index contributed by atoms with van der Waals surface area (Å²) in [5, 5.41) is 1.16. The molecule has 1 heterocycles. The van der Waals surface area contributed by atoms with Gasteiger partial charge in [-0.2, -0.15) is 0 Å². The van der Waals surface area contributed by atoms with Crippen LogP contribution in [0.3, 0.4) is 0 Å². The lowest BCUT2D eigenvalue weighted by Gasteiger charge is -2.26. The topological polar surface area (TPSA) is 42.2 Å². The van der Waals surface area contributed by atoms with Gasteiger partial charge in [-0.3, -0.25) is 4.90 Å². The molecule has 1 aliphatic carbocycles. The third kappa shape index (κ3) is 2.62. The van der Waals surface area contributed by atoms with E-state index in [1.54, 1.807) is 0 Å². The third-order valence-electron chi connectivity index (χ3n) is 3.37. The lowest BCUT2D eigenvalue weighted by Crippen LogP contribution is -2.39. The van der Waals surface area contributed by atoms with E-state index in [0.29, 0.717) is 6.04 Å². The van der Waals surface area contributed by atoms with Gasteiger partial charge in [0.1, 0.15) is 0 Å². The number of hydrogen-bond acceptors (Lipinski definition) is 4. The second-order valence-electron chi connectivity index (χ2n) is 4.80. The summed E-state index contributed by atoms with van der Waals surface area (Å²) in [4.78, 5) is 8.26. The molecule has 0 amide bonds. The lowest BCUT2D eigenvalue weighted by atomic mass is 10.1. The van der Waals surface area contributed by atoms with Gasteiger partial charge in [-0.05, 0) is 39.7 Å². The number of aryl methyl sites for hydroxylation is 2. The van der Waals surface area contributed by atoms with Crippen molar-refractivity contribution in [1.82, 2.24) is 9.88 Å². The highest BCUT2D eigenvalue weighted by Gasteiger charge is 2.32. The monoisotopic (exact) mass is 239 g/mol. The van der Waals surface area contributed by atoms with Gasteiger partial charge in [-0.25, -0.2) is 4.98 Å². The van der Waals surface area contributed by atoms with Crippen molar-refractivity contribution in [1.29, 1.82) is 0 Å². The van der Waals surface area contributed by atoms with E-state index in [1.807, 2.05) is 11.3 Å². The molecule has 1 aromatic heterocycles. The van der Waals surface area contributed by atoms with Crippen molar-refractivity contribution < 1.29 is 0 Å². The van der Waals surface area contributed by atoms with Gasteiger partial charge in [0.2, 0.25) is 0 Å². The van der Waals surface area contributed by atoms with Crippen molar-refractivity contribution in [2.45, 2.75) is 39.3 Å². The van der Waals surface area contributed by atoms with Gasteiger partial charge in [0, 0.05) is 24.0 Å². The predicted octanol–water partition coefficient (Wildman–Crippen LogP) is 1.93. The molecule has 0 spiro atoms. The van der Waals surface area contributed by atoms with Crippen LogP contribution in [-0.2, 0) is 6.54 Å². The molecule has 1 saturated carbocycles. The molecule has 90 valence electrons. The second-order valence-corrected chi connectivity index (χ2v) is 6.08. The molecule has 0 aromatic carbocycles. The largest absolute Gasteiger partial charge is 0.329 e. The van der Waals surface area contributed by atoms with Gasteiger partial charge < -0.3 is 5.73 Å². The average Bonchev–Trinajstić information content (AvgIpc) is 2.97. The van der Waals surface area contributed by atoms with E-state index in [0.717, 1.165) is 24.0 Å². The van der Waals surface area contributed by atoms with Gasteiger partial charge in [-0.1, -0.05) is 0 Å². The average molecular weight is 239 g/mol. The number of aromatic nitrogens is 1. The minimum absolute atomic E-state index is 0.557. The molecule has 4 heteroatoms. The fraction of sp³-hybridized carbons (Fsp3) is 0.750. The Morgan fingerprint density at radius 3 is 2.62 bits per heavy atom. The zero-order valence-electron chi connectivity index (χ0n) is 10.4. The molecular weight excluding hydrogens is 218 g/mol. The molecule has 0 aliphatic heterocycles.